The van der Waals surface area contributed by atoms with Gasteiger partial charge in [0.25, 0.3) is 0 Å². The van der Waals surface area contributed by atoms with Crippen molar-refractivity contribution in [2.75, 3.05) is 39.3 Å². The van der Waals surface area contributed by atoms with Crippen molar-refractivity contribution in [3.63, 3.8) is 0 Å². The number of hydrogen-bond acceptors (Lipinski definition) is 5. The summed E-state index contributed by atoms with van der Waals surface area (Å²) < 4.78 is 2.11. The first-order valence-corrected chi connectivity index (χ1v) is 10.4. The van der Waals surface area contributed by atoms with Crippen LogP contribution in [0.25, 0.3) is 5.65 Å². The van der Waals surface area contributed by atoms with Crippen LogP contribution >= 0.6 is 0 Å². The third kappa shape index (κ3) is 3.26. The van der Waals surface area contributed by atoms with Crippen molar-refractivity contribution in [3.8, 4) is 0 Å². The summed E-state index contributed by atoms with van der Waals surface area (Å²) >= 11 is 0. The highest BCUT2D eigenvalue weighted by atomic mass is 15.4. The van der Waals surface area contributed by atoms with Crippen LogP contribution in [0.1, 0.15) is 37.9 Å². The molecule has 0 bridgehead atoms. The van der Waals surface area contributed by atoms with Crippen LogP contribution in [-0.4, -0.2) is 80.7 Å². The molecule has 6 nitrogen and oxygen atoms in total. The monoisotopic (exact) mass is 354 g/mol. The first kappa shape index (κ1) is 16.7. The second kappa shape index (κ2) is 7.25. The molecule has 2 aliphatic heterocycles. The van der Waals surface area contributed by atoms with Crippen molar-refractivity contribution in [3.05, 3.63) is 30.2 Å². The van der Waals surface area contributed by atoms with Crippen LogP contribution in [0.15, 0.2) is 24.4 Å². The normalized spacial score (nSPS) is 24.9. The minimum absolute atomic E-state index is 0.739. The molecule has 140 valence electrons. The Bertz CT molecular complexity index is 723. The van der Waals surface area contributed by atoms with Gasteiger partial charge in [0.1, 0.15) is 0 Å². The highest BCUT2D eigenvalue weighted by Gasteiger charge is 2.35. The third-order valence-corrected chi connectivity index (χ3v) is 6.64. The van der Waals surface area contributed by atoms with E-state index in [-0.39, 0.29) is 0 Å². The van der Waals surface area contributed by atoms with Gasteiger partial charge < -0.3 is 0 Å². The first-order valence-electron chi connectivity index (χ1n) is 10.4. The average molecular weight is 355 g/mol. The zero-order valence-corrected chi connectivity index (χ0v) is 15.6. The number of nitrogens with zero attached hydrogens (tertiary/aromatic N) is 6. The second-order valence-electron chi connectivity index (χ2n) is 8.26. The minimum atomic E-state index is 0.739. The predicted octanol–water partition coefficient (Wildman–Crippen LogP) is 1.86. The highest BCUT2D eigenvalue weighted by Crippen LogP contribution is 2.25. The van der Waals surface area contributed by atoms with Gasteiger partial charge in [0.05, 0.1) is 6.54 Å². The lowest BCUT2D eigenvalue weighted by atomic mass is 9.93. The number of pyridine rings is 1. The van der Waals surface area contributed by atoms with Crippen LogP contribution in [0.5, 0.6) is 0 Å². The fourth-order valence-corrected chi connectivity index (χ4v) is 5.02. The Balaban J connectivity index is 1.10. The van der Waals surface area contributed by atoms with Gasteiger partial charge in [-0.15, -0.1) is 10.2 Å². The molecule has 0 aromatic carbocycles. The zero-order chi connectivity index (χ0) is 17.3. The number of piperazine rings is 1. The molecule has 0 spiro atoms. The topological polar surface area (TPSA) is 39.9 Å². The van der Waals surface area contributed by atoms with Crippen molar-refractivity contribution < 1.29 is 0 Å². The maximum atomic E-state index is 4.37. The molecule has 3 aliphatic rings. The Morgan fingerprint density at radius 2 is 1.58 bits per heavy atom. The molecule has 6 heteroatoms. The van der Waals surface area contributed by atoms with Crippen LogP contribution in [0.4, 0.5) is 0 Å². The summed E-state index contributed by atoms with van der Waals surface area (Å²) in [6, 6.07) is 7.69. The number of fused-ring (bicyclic) bond motifs is 1. The van der Waals surface area contributed by atoms with Crippen LogP contribution in [0, 0.1) is 0 Å². The molecule has 2 aromatic rings. The van der Waals surface area contributed by atoms with Gasteiger partial charge in [-0.1, -0.05) is 25.3 Å². The Morgan fingerprint density at radius 1 is 0.846 bits per heavy atom. The predicted molar refractivity (Wildman–Crippen MR) is 102 cm³/mol. The summed E-state index contributed by atoms with van der Waals surface area (Å²) in [4.78, 5) is 7.99. The fraction of sp³-hybridized carbons (Fsp3) is 0.700. The molecule has 0 unspecified atom stereocenters. The largest absolute Gasteiger partial charge is 0.298 e. The molecule has 1 aliphatic carbocycles. The molecule has 0 amide bonds. The second-order valence-corrected chi connectivity index (χ2v) is 8.26. The fourth-order valence-electron chi connectivity index (χ4n) is 5.02. The molecular weight excluding hydrogens is 324 g/mol. The molecule has 2 saturated heterocycles. The van der Waals surface area contributed by atoms with Crippen LogP contribution in [-0.2, 0) is 6.54 Å². The van der Waals surface area contributed by atoms with Gasteiger partial charge in [-0.05, 0) is 25.0 Å². The van der Waals surface area contributed by atoms with Crippen molar-refractivity contribution in [1.82, 2.24) is 29.3 Å². The van der Waals surface area contributed by atoms with E-state index < -0.39 is 0 Å². The Kier molecular flexibility index (Phi) is 4.65. The summed E-state index contributed by atoms with van der Waals surface area (Å²) in [6.07, 6.45) is 9.27. The SMILES string of the molecule is c1ccn2c(CN3CC(N4CCN(C5CCCCC5)CC4)C3)nnc2c1. The lowest BCUT2D eigenvalue weighted by Crippen LogP contribution is -2.63. The van der Waals surface area contributed by atoms with E-state index in [1.54, 1.807) is 0 Å². The Morgan fingerprint density at radius 3 is 2.35 bits per heavy atom. The van der Waals surface area contributed by atoms with Gasteiger partial charge in [-0.3, -0.25) is 19.1 Å². The number of rotatable bonds is 4. The van der Waals surface area contributed by atoms with E-state index in [0.29, 0.717) is 0 Å². The summed E-state index contributed by atoms with van der Waals surface area (Å²) in [5, 5.41) is 8.63. The summed E-state index contributed by atoms with van der Waals surface area (Å²) in [5.41, 5.74) is 0.943. The number of aromatic nitrogens is 3. The van der Waals surface area contributed by atoms with E-state index in [9.17, 15) is 0 Å². The van der Waals surface area contributed by atoms with Gasteiger partial charge in [0.15, 0.2) is 11.5 Å². The van der Waals surface area contributed by atoms with Gasteiger partial charge >= 0.3 is 0 Å². The van der Waals surface area contributed by atoms with Crippen molar-refractivity contribution >= 4 is 5.65 Å². The lowest BCUT2D eigenvalue weighted by Gasteiger charge is -2.49. The van der Waals surface area contributed by atoms with Gasteiger partial charge in [0.2, 0.25) is 0 Å². The quantitative estimate of drug-likeness (QED) is 0.838. The summed E-state index contributed by atoms with van der Waals surface area (Å²) in [6.45, 7) is 8.30. The molecule has 4 heterocycles. The van der Waals surface area contributed by atoms with Gasteiger partial charge in [0, 0.05) is 57.5 Å². The standard InChI is InChI=1S/C20H30N6/c1-2-6-17(7-3-1)24-10-12-25(13-11-24)18-14-23(15-18)16-20-22-21-19-8-4-5-9-26(19)20/h4-5,8-9,17-18H,1-3,6-7,10-16H2. The van der Waals surface area contributed by atoms with Crippen molar-refractivity contribution in [1.29, 1.82) is 0 Å². The van der Waals surface area contributed by atoms with E-state index in [2.05, 4.69) is 35.5 Å². The Hall–Kier alpha value is -1.50. The van der Waals surface area contributed by atoms with E-state index in [1.807, 2.05) is 18.2 Å². The first-order chi connectivity index (χ1) is 12.9. The van der Waals surface area contributed by atoms with Crippen LogP contribution in [0.3, 0.4) is 0 Å². The number of likely N-dealkylation sites (tertiary alicyclic amines) is 1. The Labute approximate surface area is 155 Å². The molecular formula is C20H30N6. The maximum absolute atomic E-state index is 4.37. The van der Waals surface area contributed by atoms with Crippen LogP contribution in [0.2, 0.25) is 0 Å². The van der Waals surface area contributed by atoms with E-state index in [0.717, 1.165) is 30.1 Å². The molecule has 0 atom stereocenters. The molecule has 3 fully saturated rings. The molecule has 0 N–H and O–H groups in total. The van der Waals surface area contributed by atoms with Crippen molar-refractivity contribution in [2.24, 2.45) is 0 Å². The zero-order valence-electron chi connectivity index (χ0n) is 15.6. The van der Waals surface area contributed by atoms with E-state index in [1.165, 1.54) is 71.4 Å². The molecule has 5 rings (SSSR count). The third-order valence-electron chi connectivity index (χ3n) is 6.64. The molecule has 2 aromatic heterocycles. The highest BCUT2D eigenvalue weighted by molar-refractivity contribution is 5.36. The molecule has 0 radical (unpaired) electrons. The van der Waals surface area contributed by atoms with Gasteiger partial charge in [-0.2, -0.15) is 0 Å². The van der Waals surface area contributed by atoms with Crippen molar-refractivity contribution in [2.45, 2.75) is 50.7 Å². The minimum Gasteiger partial charge on any atom is -0.298 e. The van der Waals surface area contributed by atoms with Gasteiger partial charge in [-0.25, -0.2) is 0 Å². The maximum Gasteiger partial charge on any atom is 0.160 e. The lowest BCUT2D eigenvalue weighted by molar-refractivity contribution is -0.0114. The molecule has 1 saturated carbocycles. The average Bonchev–Trinajstić information content (AvgIpc) is 3.08. The summed E-state index contributed by atoms with van der Waals surface area (Å²) in [7, 11) is 0. The van der Waals surface area contributed by atoms with E-state index >= 15 is 0 Å². The smallest absolute Gasteiger partial charge is 0.160 e. The van der Waals surface area contributed by atoms with Crippen LogP contribution < -0.4 is 0 Å². The number of hydrogen-bond donors (Lipinski definition) is 0. The molecule has 26 heavy (non-hydrogen) atoms. The van der Waals surface area contributed by atoms with E-state index in [4.69, 9.17) is 0 Å². The summed E-state index contributed by atoms with van der Waals surface area (Å²) in [5.74, 6) is 1.06.